The number of carbonyl (C=O) groups excluding carboxylic acids is 1. The van der Waals surface area contributed by atoms with Crippen molar-refractivity contribution in [3.8, 4) is 0 Å². The second kappa shape index (κ2) is 6.27. The van der Waals surface area contributed by atoms with Crippen LogP contribution in [0.25, 0.3) is 0 Å². The molecule has 1 amide bonds. The van der Waals surface area contributed by atoms with Gasteiger partial charge in [0.25, 0.3) is 5.91 Å². The number of amides is 1. The van der Waals surface area contributed by atoms with Crippen molar-refractivity contribution < 1.29 is 4.79 Å². The van der Waals surface area contributed by atoms with Crippen molar-refractivity contribution in [2.75, 3.05) is 0 Å². The van der Waals surface area contributed by atoms with Crippen molar-refractivity contribution in [3.63, 3.8) is 0 Å². The topological polar surface area (TPSA) is 29.1 Å². The average molecular weight is 274 g/mol. The Morgan fingerprint density at radius 1 is 1.24 bits per heavy atom. The zero-order valence-corrected chi connectivity index (χ0v) is 11.8. The maximum absolute atomic E-state index is 11.9. The fourth-order valence-corrected chi connectivity index (χ4v) is 2.01. The smallest absolute Gasteiger partial charge is 0.251 e. The molecule has 1 aromatic carbocycles. The summed E-state index contributed by atoms with van der Waals surface area (Å²) in [7, 11) is 0. The Balaban J connectivity index is 2.66. The molecule has 1 rings (SSSR count). The van der Waals surface area contributed by atoms with Crippen LogP contribution >= 0.6 is 23.2 Å². The number of carbonyl (C=O) groups is 1. The fourth-order valence-electron chi connectivity index (χ4n) is 1.71. The molecule has 0 bridgehead atoms. The maximum atomic E-state index is 11.9. The largest absolute Gasteiger partial charge is 0.350 e. The summed E-state index contributed by atoms with van der Waals surface area (Å²) in [5.74, 6) is 0.441. The summed E-state index contributed by atoms with van der Waals surface area (Å²) < 4.78 is 0. The molecule has 0 aliphatic heterocycles. The molecule has 94 valence electrons. The molecule has 1 atom stereocenters. The number of rotatable bonds is 4. The molecule has 17 heavy (non-hydrogen) atoms. The Hall–Kier alpha value is -0.730. The second-order valence-electron chi connectivity index (χ2n) is 4.63. The summed E-state index contributed by atoms with van der Waals surface area (Å²) in [6.45, 7) is 6.25. The van der Waals surface area contributed by atoms with E-state index in [2.05, 4.69) is 19.2 Å². The molecule has 0 aliphatic carbocycles. The zero-order chi connectivity index (χ0) is 13.0. The number of nitrogens with one attached hydrogen (secondary N) is 1. The van der Waals surface area contributed by atoms with Crippen LogP contribution in [0.15, 0.2) is 18.2 Å². The summed E-state index contributed by atoms with van der Waals surface area (Å²) in [5.41, 5.74) is 0.537. The summed E-state index contributed by atoms with van der Waals surface area (Å²) >= 11 is 11.7. The number of hydrogen-bond donors (Lipinski definition) is 1. The third-order valence-corrected chi connectivity index (χ3v) is 3.12. The van der Waals surface area contributed by atoms with Crippen molar-refractivity contribution >= 4 is 29.1 Å². The fraction of sp³-hybridized carbons (Fsp3) is 0.462. The Morgan fingerprint density at radius 2 is 1.88 bits per heavy atom. The van der Waals surface area contributed by atoms with E-state index < -0.39 is 0 Å². The number of hydrogen-bond acceptors (Lipinski definition) is 1. The van der Waals surface area contributed by atoms with Gasteiger partial charge >= 0.3 is 0 Å². The van der Waals surface area contributed by atoms with Crippen molar-refractivity contribution in [1.82, 2.24) is 5.32 Å². The highest BCUT2D eigenvalue weighted by molar-refractivity contribution is 6.42. The third kappa shape index (κ3) is 4.57. The van der Waals surface area contributed by atoms with Crippen LogP contribution in [0.4, 0.5) is 0 Å². The molecule has 0 spiro atoms. The van der Waals surface area contributed by atoms with E-state index in [-0.39, 0.29) is 11.9 Å². The Morgan fingerprint density at radius 3 is 2.41 bits per heavy atom. The van der Waals surface area contributed by atoms with E-state index in [1.165, 1.54) is 0 Å². The van der Waals surface area contributed by atoms with Crippen LogP contribution < -0.4 is 5.32 Å². The zero-order valence-electron chi connectivity index (χ0n) is 10.3. The standard InChI is InChI=1S/C13H17Cl2NO/c1-8(2)6-9(3)16-13(17)10-4-5-11(14)12(15)7-10/h4-5,7-9H,6H2,1-3H3,(H,16,17). The molecule has 0 radical (unpaired) electrons. The molecule has 1 N–H and O–H groups in total. The van der Waals surface area contributed by atoms with Crippen molar-refractivity contribution in [2.45, 2.75) is 33.2 Å². The first-order valence-corrected chi connectivity index (χ1v) is 6.41. The van der Waals surface area contributed by atoms with Gasteiger partial charge in [0.05, 0.1) is 10.0 Å². The van der Waals surface area contributed by atoms with E-state index in [0.717, 1.165) is 6.42 Å². The monoisotopic (exact) mass is 273 g/mol. The van der Waals surface area contributed by atoms with Crippen molar-refractivity contribution in [1.29, 1.82) is 0 Å². The summed E-state index contributed by atoms with van der Waals surface area (Å²) in [6, 6.07) is 5.04. The highest BCUT2D eigenvalue weighted by Crippen LogP contribution is 2.22. The minimum absolute atomic E-state index is 0.114. The van der Waals surface area contributed by atoms with Gasteiger partial charge in [-0.25, -0.2) is 0 Å². The second-order valence-corrected chi connectivity index (χ2v) is 5.45. The Kier molecular flexibility index (Phi) is 5.29. The molecule has 4 heteroatoms. The lowest BCUT2D eigenvalue weighted by molar-refractivity contribution is 0.0936. The van der Waals surface area contributed by atoms with Gasteiger partial charge in [0.2, 0.25) is 0 Å². The van der Waals surface area contributed by atoms with E-state index in [0.29, 0.717) is 21.5 Å². The summed E-state index contributed by atoms with van der Waals surface area (Å²) in [5, 5.41) is 3.79. The lowest BCUT2D eigenvalue weighted by atomic mass is 10.0. The molecule has 0 saturated heterocycles. The first-order chi connectivity index (χ1) is 7.90. The lowest BCUT2D eigenvalue weighted by Crippen LogP contribution is -2.33. The van der Waals surface area contributed by atoms with Gasteiger partial charge in [-0.2, -0.15) is 0 Å². The van der Waals surface area contributed by atoms with E-state index in [4.69, 9.17) is 23.2 Å². The van der Waals surface area contributed by atoms with Crippen LogP contribution in [0.1, 0.15) is 37.6 Å². The highest BCUT2D eigenvalue weighted by Gasteiger charge is 2.12. The van der Waals surface area contributed by atoms with Crippen LogP contribution in [0, 0.1) is 5.92 Å². The van der Waals surface area contributed by atoms with Gasteiger partial charge in [-0.1, -0.05) is 37.0 Å². The van der Waals surface area contributed by atoms with Gasteiger partial charge in [-0.3, -0.25) is 4.79 Å². The van der Waals surface area contributed by atoms with Crippen molar-refractivity contribution in [2.24, 2.45) is 5.92 Å². The first-order valence-electron chi connectivity index (χ1n) is 5.66. The van der Waals surface area contributed by atoms with Gasteiger partial charge < -0.3 is 5.32 Å². The van der Waals surface area contributed by atoms with Crippen molar-refractivity contribution in [3.05, 3.63) is 33.8 Å². The predicted molar refractivity (Wildman–Crippen MR) is 72.8 cm³/mol. The Labute approximate surface area is 112 Å². The van der Waals surface area contributed by atoms with Crippen LogP contribution in [0.3, 0.4) is 0 Å². The molecule has 0 saturated carbocycles. The van der Waals surface area contributed by atoms with E-state index >= 15 is 0 Å². The van der Waals surface area contributed by atoms with E-state index in [1.54, 1.807) is 18.2 Å². The minimum atomic E-state index is -0.114. The molecule has 0 aromatic heterocycles. The van der Waals surface area contributed by atoms with Gasteiger partial charge in [-0.15, -0.1) is 0 Å². The SMILES string of the molecule is CC(C)CC(C)NC(=O)c1ccc(Cl)c(Cl)c1. The summed E-state index contributed by atoms with van der Waals surface area (Å²) in [4.78, 5) is 11.9. The quantitative estimate of drug-likeness (QED) is 0.877. The number of benzene rings is 1. The number of halogens is 2. The van der Waals surface area contributed by atoms with Crippen LogP contribution in [0.2, 0.25) is 10.0 Å². The third-order valence-electron chi connectivity index (χ3n) is 2.38. The average Bonchev–Trinajstić information content (AvgIpc) is 2.20. The minimum Gasteiger partial charge on any atom is -0.350 e. The maximum Gasteiger partial charge on any atom is 0.251 e. The first kappa shape index (κ1) is 14.3. The van der Waals surface area contributed by atoms with E-state index in [1.807, 2.05) is 6.92 Å². The molecule has 0 heterocycles. The molecule has 0 fully saturated rings. The molecule has 1 aromatic rings. The normalized spacial score (nSPS) is 12.6. The molecule has 0 aliphatic rings. The summed E-state index contributed by atoms with van der Waals surface area (Å²) in [6.07, 6.45) is 0.951. The van der Waals surface area contributed by atoms with Crippen LogP contribution in [-0.2, 0) is 0 Å². The lowest BCUT2D eigenvalue weighted by Gasteiger charge is -2.16. The predicted octanol–water partition coefficient (Wildman–Crippen LogP) is 4.16. The molecule has 2 nitrogen and oxygen atoms in total. The van der Waals surface area contributed by atoms with Crippen LogP contribution in [-0.4, -0.2) is 11.9 Å². The highest BCUT2D eigenvalue weighted by atomic mass is 35.5. The van der Waals surface area contributed by atoms with Crippen LogP contribution in [0.5, 0.6) is 0 Å². The van der Waals surface area contributed by atoms with Gasteiger partial charge in [0.1, 0.15) is 0 Å². The van der Waals surface area contributed by atoms with Gasteiger partial charge in [0.15, 0.2) is 0 Å². The molecular weight excluding hydrogens is 257 g/mol. The van der Waals surface area contributed by atoms with Gasteiger partial charge in [-0.05, 0) is 37.5 Å². The molecule has 1 unspecified atom stereocenters. The van der Waals surface area contributed by atoms with E-state index in [9.17, 15) is 4.79 Å². The Bertz CT molecular complexity index is 404. The van der Waals surface area contributed by atoms with Gasteiger partial charge in [0, 0.05) is 11.6 Å². The molecular formula is C13H17Cl2NO.